The number of para-hydroxylation sites is 1. The van der Waals surface area contributed by atoms with Crippen molar-refractivity contribution in [2.75, 3.05) is 5.32 Å². The minimum atomic E-state index is -0.164. The minimum Gasteiger partial charge on any atom is -0.490 e. The van der Waals surface area contributed by atoms with Gasteiger partial charge in [0.15, 0.2) is 5.13 Å². The summed E-state index contributed by atoms with van der Waals surface area (Å²) < 4.78 is 5.71. The van der Waals surface area contributed by atoms with Gasteiger partial charge in [-0.05, 0) is 51.7 Å². The molecule has 1 aromatic heterocycles. The smallest absolute Gasteiger partial charge is 0.261 e. The summed E-state index contributed by atoms with van der Waals surface area (Å²) in [5, 5.41) is 3.61. The molecule has 0 unspecified atom stereocenters. The van der Waals surface area contributed by atoms with Crippen molar-refractivity contribution < 1.29 is 9.53 Å². The number of amides is 1. The molecule has 0 spiro atoms. The lowest BCUT2D eigenvalue weighted by molar-refractivity contribution is 0.102. The van der Waals surface area contributed by atoms with E-state index in [1.807, 2.05) is 32.0 Å². The third-order valence-corrected chi connectivity index (χ3v) is 4.63. The molecule has 1 aromatic carbocycles. The summed E-state index contributed by atoms with van der Waals surface area (Å²) in [6, 6.07) is 7.31. The lowest BCUT2D eigenvalue weighted by Gasteiger charge is -2.13. The van der Waals surface area contributed by atoms with Gasteiger partial charge in [0.2, 0.25) is 0 Å². The van der Waals surface area contributed by atoms with Gasteiger partial charge in [-0.3, -0.25) is 10.1 Å². The first-order valence-electron chi connectivity index (χ1n) is 7.69. The van der Waals surface area contributed by atoms with Crippen molar-refractivity contribution in [3.8, 4) is 5.75 Å². The number of carbonyl (C=O) groups is 1. The molecule has 22 heavy (non-hydrogen) atoms. The Labute approximate surface area is 134 Å². The SMILES string of the molecule is CC(C)Oc1ccccc1C(=O)Nc1nc2c(s1)CCCC2. The number of hydrogen-bond donors (Lipinski definition) is 1. The Morgan fingerprint density at radius 2 is 2.05 bits per heavy atom. The van der Waals surface area contributed by atoms with E-state index in [4.69, 9.17) is 4.74 Å². The average molecular weight is 316 g/mol. The van der Waals surface area contributed by atoms with Gasteiger partial charge in [0.25, 0.3) is 5.91 Å². The third kappa shape index (κ3) is 3.30. The van der Waals surface area contributed by atoms with Gasteiger partial charge in [-0.15, -0.1) is 11.3 Å². The molecule has 5 heteroatoms. The predicted molar refractivity (Wildman–Crippen MR) is 88.9 cm³/mol. The van der Waals surface area contributed by atoms with Crippen LogP contribution in [0.25, 0.3) is 0 Å². The van der Waals surface area contributed by atoms with E-state index in [0.29, 0.717) is 16.4 Å². The van der Waals surface area contributed by atoms with Crippen LogP contribution in [0.4, 0.5) is 5.13 Å². The van der Waals surface area contributed by atoms with E-state index in [2.05, 4.69) is 10.3 Å². The van der Waals surface area contributed by atoms with Crippen molar-refractivity contribution in [2.45, 2.75) is 45.6 Å². The molecule has 0 aliphatic heterocycles. The van der Waals surface area contributed by atoms with Crippen LogP contribution in [0.15, 0.2) is 24.3 Å². The van der Waals surface area contributed by atoms with E-state index >= 15 is 0 Å². The van der Waals surface area contributed by atoms with Crippen molar-refractivity contribution in [3.63, 3.8) is 0 Å². The highest BCUT2D eigenvalue weighted by atomic mass is 32.1. The fourth-order valence-corrected chi connectivity index (χ4v) is 3.63. The molecule has 1 aliphatic carbocycles. The van der Waals surface area contributed by atoms with Crippen molar-refractivity contribution >= 4 is 22.4 Å². The summed E-state index contributed by atoms with van der Waals surface area (Å²) in [5.41, 5.74) is 1.70. The largest absolute Gasteiger partial charge is 0.490 e. The molecule has 0 saturated heterocycles. The van der Waals surface area contributed by atoms with Crippen LogP contribution in [-0.4, -0.2) is 17.0 Å². The molecule has 3 rings (SSSR count). The number of anilines is 1. The number of rotatable bonds is 4. The standard InChI is InChI=1S/C17H20N2O2S/c1-11(2)21-14-9-5-3-7-12(14)16(20)19-17-18-13-8-4-6-10-15(13)22-17/h3,5,7,9,11H,4,6,8,10H2,1-2H3,(H,18,19,20). The summed E-state index contributed by atoms with van der Waals surface area (Å²) in [5.74, 6) is 0.443. The number of thiazole rings is 1. The fourth-order valence-electron chi connectivity index (χ4n) is 2.58. The highest BCUT2D eigenvalue weighted by molar-refractivity contribution is 7.15. The Morgan fingerprint density at radius 3 is 2.82 bits per heavy atom. The molecule has 0 fully saturated rings. The van der Waals surface area contributed by atoms with Crippen molar-refractivity contribution in [2.24, 2.45) is 0 Å². The maximum absolute atomic E-state index is 12.5. The maximum Gasteiger partial charge on any atom is 0.261 e. The topological polar surface area (TPSA) is 51.2 Å². The van der Waals surface area contributed by atoms with Crippen LogP contribution in [0, 0.1) is 0 Å². The number of aromatic nitrogens is 1. The van der Waals surface area contributed by atoms with Crippen LogP contribution in [0.1, 0.15) is 47.6 Å². The predicted octanol–water partition coefficient (Wildman–Crippen LogP) is 4.06. The molecule has 1 amide bonds. The second-order valence-electron chi connectivity index (χ2n) is 5.71. The van der Waals surface area contributed by atoms with Crippen LogP contribution < -0.4 is 10.1 Å². The zero-order chi connectivity index (χ0) is 15.5. The molecular weight excluding hydrogens is 296 g/mol. The number of hydrogen-bond acceptors (Lipinski definition) is 4. The molecule has 116 valence electrons. The van der Waals surface area contributed by atoms with Crippen LogP contribution in [0.3, 0.4) is 0 Å². The molecule has 0 atom stereocenters. The lowest BCUT2D eigenvalue weighted by Crippen LogP contribution is -2.15. The summed E-state index contributed by atoms with van der Waals surface area (Å²) >= 11 is 1.59. The van der Waals surface area contributed by atoms with E-state index in [1.54, 1.807) is 17.4 Å². The lowest BCUT2D eigenvalue weighted by atomic mass is 10.0. The van der Waals surface area contributed by atoms with E-state index in [1.165, 1.54) is 17.7 Å². The fraction of sp³-hybridized carbons (Fsp3) is 0.412. The first kappa shape index (κ1) is 15.0. The Morgan fingerprint density at radius 1 is 1.27 bits per heavy atom. The Bertz CT molecular complexity index is 656. The Hall–Kier alpha value is -1.88. The van der Waals surface area contributed by atoms with Crippen LogP contribution >= 0.6 is 11.3 Å². The zero-order valence-electron chi connectivity index (χ0n) is 12.9. The molecular formula is C17H20N2O2S. The van der Waals surface area contributed by atoms with Crippen molar-refractivity contribution in [1.82, 2.24) is 4.98 Å². The number of fused-ring (bicyclic) bond motifs is 1. The molecule has 1 N–H and O–H groups in total. The average Bonchev–Trinajstić information content (AvgIpc) is 2.89. The van der Waals surface area contributed by atoms with Crippen molar-refractivity contribution in [3.05, 3.63) is 40.4 Å². The monoisotopic (exact) mass is 316 g/mol. The number of nitrogens with one attached hydrogen (secondary N) is 1. The van der Waals surface area contributed by atoms with E-state index in [-0.39, 0.29) is 12.0 Å². The van der Waals surface area contributed by atoms with Gasteiger partial charge < -0.3 is 4.74 Å². The first-order chi connectivity index (χ1) is 10.6. The second-order valence-corrected chi connectivity index (χ2v) is 6.80. The number of aryl methyl sites for hydroxylation is 2. The summed E-state index contributed by atoms with van der Waals surface area (Å²) in [4.78, 5) is 18.4. The summed E-state index contributed by atoms with van der Waals surface area (Å²) in [6.45, 7) is 3.90. The van der Waals surface area contributed by atoms with Crippen molar-refractivity contribution in [1.29, 1.82) is 0 Å². The number of ether oxygens (including phenoxy) is 1. The Kier molecular flexibility index (Phi) is 4.43. The molecule has 0 saturated carbocycles. The van der Waals surface area contributed by atoms with Gasteiger partial charge in [-0.25, -0.2) is 4.98 Å². The number of carbonyl (C=O) groups excluding carboxylic acids is 1. The van der Waals surface area contributed by atoms with Gasteiger partial charge in [0, 0.05) is 4.88 Å². The van der Waals surface area contributed by atoms with Gasteiger partial charge in [0.05, 0.1) is 17.4 Å². The number of benzene rings is 1. The van der Waals surface area contributed by atoms with Gasteiger partial charge in [0.1, 0.15) is 5.75 Å². The molecule has 0 radical (unpaired) electrons. The van der Waals surface area contributed by atoms with Crippen LogP contribution in [0.2, 0.25) is 0 Å². The minimum absolute atomic E-state index is 0.0288. The number of nitrogens with zero attached hydrogens (tertiary/aromatic N) is 1. The molecule has 2 aromatic rings. The molecule has 0 bridgehead atoms. The van der Waals surface area contributed by atoms with E-state index in [0.717, 1.165) is 18.5 Å². The van der Waals surface area contributed by atoms with Crippen LogP contribution in [-0.2, 0) is 12.8 Å². The summed E-state index contributed by atoms with van der Waals surface area (Å²) in [6.07, 6.45) is 4.54. The first-order valence-corrected chi connectivity index (χ1v) is 8.51. The third-order valence-electron chi connectivity index (χ3n) is 3.56. The van der Waals surface area contributed by atoms with Gasteiger partial charge in [-0.2, -0.15) is 0 Å². The maximum atomic E-state index is 12.5. The summed E-state index contributed by atoms with van der Waals surface area (Å²) in [7, 11) is 0. The molecule has 1 aliphatic rings. The second kappa shape index (κ2) is 6.48. The van der Waals surface area contributed by atoms with Gasteiger partial charge >= 0.3 is 0 Å². The zero-order valence-corrected chi connectivity index (χ0v) is 13.7. The van der Waals surface area contributed by atoms with E-state index in [9.17, 15) is 4.79 Å². The molecule has 1 heterocycles. The van der Waals surface area contributed by atoms with Crippen LogP contribution in [0.5, 0.6) is 5.75 Å². The van der Waals surface area contributed by atoms with E-state index < -0.39 is 0 Å². The molecule has 4 nitrogen and oxygen atoms in total. The quantitative estimate of drug-likeness (QED) is 0.925. The Balaban J connectivity index is 1.78. The van der Waals surface area contributed by atoms with Gasteiger partial charge in [-0.1, -0.05) is 12.1 Å². The highest BCUT2D eigenvalue weighted by Crippen LogP contribution is 2.30. The highest BCUT2D eigenvalue weighted by Gasteiger charge is 2.18. The normalized spacial score (nSPS) is 13.8.